The van der Waals surface area contributed by atoms with Gasteiger partial charge in [-0.05, 0) is 93.7 Å². The van der Waals surface area contributed by atoms with E-state index in [1.807, 2.05) is 0 Å². The van der Waals surface area contributed by atoms with Gasteiger partial charge in [0, 0.05) is 6.04 Å². The maximum Gasteiger partial charge on any atom is 0.0105 e. The molecule has 2 nitrogen and oxygen atoms in total. The highest BCUT2D eigenvalue weighted by molar-refractivity contribution is 4.88. The van der Waals surface area contributed by atoms with Gasteiger partial charge in [0.1, 0.15) is 0 Å². The van der Waals surface area contributed by atoms with Crippen molar-refractivity contribution in [2.45, 2.75) is 78.2 Å². The lowest BCUT2D eigenvalue weighted by Crippen LogP contribution is -2.47. The summed E-state index contributed by atoms with van der Waals surface area (Å²) in [6.07, 6.45) is 11.7. The van der Waals surface area contributed by atoms with E-state index in [-0.39, 0.29) is 0 Å². The number of rotatable bonds is 4. The van der Waals surface area contributed by atoms with Crippen LogP contribution in [0.15, 0.2) is 0 Å². The summed E-state index contributed by atoms with van der Waals surface area (Å²) in [6, 6.07) is 0.835. The van der Waals surface area contributed by atoms with Crippen molar-refractivity contribution in [3.63, 3.8) is 0 Å². The lowest BCUT2D eigenvalue weighted by molar-refractivity contribution is 0.224. The highest BCUT2D eigenvalue weighted by Gasteiger charge is 2.34. The van der Waals surface area contributed by atoms with Gasteiger partial charge in [0.25, 0.3) is 0 Å². The van der Waals surface area contributed by atoms with Crippen molar-refractivity contribution in [2.24, 2.45) is 35.5 Å². The quantitative estimate of drug-likeness (QED) is 0.799. The van der Waals surface area contributed by atoms with Gasteiger partial charge in [0.15, 0.2) is 0 Å². The van der Waals surface area contributed by atoms with Gasteiger partial charge in [-0.2, -0.15) is 0 Å². The lowest BCUT2D eigenvalue weighted by atomic mass is 9.80. The zero-order valence-corrected chi connectivity index (χ0v) is 15.8. The molecule has 0 aromatic carbocycles. The zero-order chi connectivity index (χ0) is 16.2. The van der Waals surface area contributed by atoms with Crippen LogP contribution in [-0.4, -0.2) is 25.7 Å². The highest BCUT2D eigenvalue weighted by atomic mass is 15.0. The van der Waals surface area contributed by atoms with E-state index in [1.54, 1.807) is 0 Å². The Hall–Kier alpha value is -0.0800. The van der Waals surface area contributed by atoms with Crippen LogP contribution >= 0.6 is 0 Å². The van der Waals surface area contributed by atoms with Crippen molar-refractivity contribution in [3.8, 4) is 0 Å². The van der Waals surface area contributed by atoms with Crippen LogP contribution in [0, 0.1) is 35.5 Å². The summed E-state index contributed by atoms with van der Waals surface area (Å²) in [5.41, 5.74) is 0. The van der Waals surface area contributed by atoms with Gasteiger partial charge in [0.2, 0.25) is 0 Å². The average Bonchev–Trinajstić information content (AvgIpc) is 2.91. The molecule has 0 aromatic heterocycles. The Labute approximate surface area is 144 Å². The minimum Gasteiger partial charge on any atom is -0.316 e. The number of hydrogen-bond acceptors (Lipinski definition) is 2. The average molecular weight is 321 g/mol. The molecule has 134 valence electrons. The first kappa shape index (κ1) is 17.7. The molecule has 3 rings (SSSR count). The second kappa shape index (κ2) is 8.34. The molecule has 0 bridgehead atoms. The topological polar surface area (TPSA) is 24.1 Å². The first-order valence-electron chi connectivity index (χ1n) is 10.6. The summed E-state index contributed by atoms with van der Waals surface area (Å²) in [5.74, 6) is 5.65. The largest absolute Gasteiger partial charge is 0.316 e. The number of nitrogens with one attached hydrogen (secondary N) is 2. The minimum absolute atomic E-state index is 0.835. The Kier molecular flexibility index (Phi) is 6.43. The van der Waals surface area contributed by atoms with E-state index in [0.29, 0.717) is 0 Å². The van der Waals surface area contributed by atoms with Gasteiger partial charge < -0.3 is 10.6 Å². The SMILES string of the molecule is CC1CCC(C)CC(C2CCC(CC(C)C3CCN3)C2)CNC1. The van der Waals surface area contributed by atoms with E-state index in [2.05, 4.69) is 31.4 Å². The second-order valence-corrected chi connectivity index (χ2v) is 9.44. The Morgan fingerprint density at radius 2 is 1.65 bits per heavy atom. The van der Waals surface area contributed by atoms with Crippen LogP contribution < -0.4 is 10.6 Å². The van der Waals surface area contributed by atoms with Crippen LogP contribution in [0.4, 0.5) is 0 Å². The molecule has 3 fully saturated rings. The molecule has 2 aliphatic heterocycles. The normalized spacial score (nSPS) is 44.0. The maximum absolute atomic E-state index is 3.81. The molecule has 3 aliphatic rings. The Morgan fingerprint density at radius 1 is 0.870 bits per heavy atom. The molecular weight excluding hydrogens is 280 g/mol. The van der Waals surface area contributed by atoms with Crippen LogP contribution in [0.1, 0.15) is 72.1 Å². The van der Waals surface area contributed by atoms with E-state index >= 15 is 0 Å². The molecule has 1 aliphatic carbocycles. The first-order chi connectivity index (χ1) is 11.1. The fourth-order valence-corrected chi connectivity index (χ4v) is 5.51. The molecule has 7 unspecified atom stereocenters. The summed E-state index contributed by atoms with van der Waals surface area (Å²) >= 11 is 0. The van der Waals surface area contributed by atoms with Gasteiger partial charge in [-0.15, -0.1) is 0 Å². The predicted octanol–water partition coefficient (Wildman–Crippen LogP) is 4.45. The zero-order valence-electron chi connectivity index (χ0n) is 15.8. The molecule has 7 atom stereocenters. The number of hydrogen-bond donors (Lipinski definition) is 2. The van der Waals surface area contributed by atoms with E-state index in [9.17, 15) is 0 Å². The van der Waals surface area contributed by atoms with Gasteiger partial charge >= 0.3 is 0 Å². The van der Waals surface area contributed by atoms with Crippen LogP contribution in [-0.2, 0) is 0 Å². The van der Waals surface area contributed by atoms with E-state index in [1.165, 1.54) is 71.0 Å². The highest BCUT2D eigenvalue weighted by Crippen LogP contribution is 2.42. The van der Waals surface area contributed by atoms with E-state index < -0.39 is 0 Å². The summed E-state index contributed by atoms with van der Waals surface area (Å²) in [5, 5.41) is 7.42. The third kappa shape index (κ3) is 4.95. The van der Waals surface area contributed by atoms with Gasteiger partial charge in [-0.25, -0.2) is 0 Å². The molecule has 0 radical (unpaired) electrons. The summed E-state index contributed by atoms with van der Waals surface area (Å²) in [6.45, 7) is 11.2. The smallest absolute Gasteiger partial charge is 0.0105 e. The van der Waals surface area contributed by atoms with Gasteiger partial charge in [0.05, 0.1) is 0 Å². The van der Waals surface area contributed by atoms with Gasteiger partial charge in [-0.3, -0.25) is 0 Å². The third-order valence-corrected chi connectivity index (χ3v) is 7.26. The summed E-state index contributed by atoms with van der Waals surface area (Å²) < 4.78 is 0. The fraction of sp³-hybridized carbons (Fsp3) is 1.00. The molecule has 2 heteroatoms. The molecule has 2 saturated heterocycles. The maximum atomic E-state index is 3.81. The molecule has 0 spiro atoms. The Morgan fingerprint density at radius 3 is 2.39 bits per heavy atom. The molecule has 0 aromatic rings. The second-order valence-electron chi connectivity index (χ2n) is 9.44. The fourth-order valence-electron chi connectivity index (χ4n) is 5.51. The molecule has 1 saturated carbocycles. The lowest BCUT2D eigenvalue weighted by Gasteiger charge is -2.34. The van der Waals surface area contributed by atoms with Crippen LogP contribution in [0.2, 0.25) is 0 Å². The van der Waals surface area contributed by atoms with Crippen molar-refractivity contribution in [1.29, 1.82) is 0 Å². The predicted molar refractivity (Wildman–Crippen MR) is 99.6 cm³/mol. The van der Waals surface area contributed by atoms with Crippen molar-refractivity contribution < 1.29 is 0 Å². The monoisotopic (exact) mass is 320 g/mol. The van der Waals surface area contributed by atoms with Crippen LogP contribution in [0.5, 0.6) is 0 Å². The first-order valence-corrected chi connectivity index (χ1v) is 10.6. The molecular formula is C21H40N2. The summed E-state index contributed by atoms with van der Waals surface area (Å²) in [7, 11) is 0. The molecule has 0 amide bonds. The van der Waals surface area contributed by atoms with Crippen LogP contribution in [0.3, 0.4) is 0 Å². The summed E-state index contributed by atoms with van der Waals surface area (Å²) in [4.78, 5) is 0. The van der Waals surface area contributed by atoms with Crippen molar-refractivity contribution in [2.75, 3.05) is 19.6 Å². The van der Waals surface area contributed by atoms with E-state index in [0.717, 1.165) is 41.5 Å². The molecule has 2 heterocycles. The molecule has 2 N–H and O–H groups in total. The Bertz CT molecular complexity index is 352. The van der Waals surface area contributed by atoms with Crippen molar-refractivity contribution in [3.05, 3.63) is 0 Å². The van der Waals surface area contributed by atoms with Crippen LogP contribution in [0.25, 0.3) is 0 Å². The standard InChI is InChI=1S/C21H40N2/c1-15-4-5-16(2)13-22-14-20(10-15)19-7-6-18(12-19)11-17(3)21-8-9-23-21/h15-23H,4-14H2,1-3H3. The van der Waals surface area contributed by atoms with Crippen molar-refractivity contribution >= 4 is 0 Å². The molecule has 23 heavy (non-hydrogen) atoms. The third-order valence-electron chi connectivity index (χ3n) is 7.26. The Balaban J connectivity index is 1.48. The van der Waals surface area contributed by atoms with Gasteiger partial charge in [-0.1, -0.05) is 33.6 Å². The minimum atomic E-state index is 0.835. The van der Waals surface area contributed by atoms with E-state index in [4.69, 9.17) is 0 Å². The van der Waals surface area contributed by atoms with Crippen molar-refractivity contribution in [1.82, 2.24) is 10.6 Å².